The Labute approximate surface area is 124 Å². The second-order valence-electron chi connectivity index (χ2n) is 5.03. The number of benzene rings is 1. The molecule has 1 aromatic heterocycles. The standard InChI is InChI=1S/C16H22N4O/c1-11(2)9-20-16(17)18-8-7-12-10-19-13-5-4-6-14(21-3)15(12)13/h4-6,10,19H,1,7-9H2,2-3H3,(H3,17,18,20). The predicted octanol–water partition coefficient (Wildman–Crippen LogP) is 2.20. The van der Waals surface area contributed by atoms with Crippen LogP contribution >= 0.6 is 0 Å². The number of aromatic nitrogens is 1. The molecule has 0 saturated heterocycles. The third-order valence-corrected chi connectivity index (χ3v) is 3.19. The molecule has 0 atom stereocenters. The van der Waals surface area contributed by atoms with E-state index in [4.69, 9.17) is 10.5 Å². The van der Waals surface area contributed by atoms with E-state index in [0.29, 0.717) is 12.5 Å². The summed E-state index contributed by atoms with van der Waals surface area (Å²) < 4.78 is 5.42. The van der Waals surface area contributed by atoms with E-state index in [1.807, 2.05) is 31.3 Å². The lowest BCUT2D eigenvalue weighted by Gasteiger charge is -2.07. The van der Waals surface area contributed by atoms with Crippen molar-refractivity contribution in [3.8, 4) is 5.75 Å². The van der Waals surface area contributed by atoms with Crippen molar-refractivity contribution in [2.75, 3.05) is 20.2 Å². The number of aromatic amines is 1. The van der Waals surface area contributed by atoms with Crippen molar-refractivity contribution < 1.29 is 4.74 Å². The van der Waals surface area contributed by atoms with E-state index in [1.54, 1.807) is 7.11 Å². The quantitative estimate of drug-likeness (QED) is 0.433. The normalized spacial score (nSPS) is 11.6. The number of hydrogen-bond donors (Lipinski definition) is 3. The third kappa shape index (κ3) is 3.78. The van der Waals surface area contributed by atoms with Gasteiger partial charge in [-0.05, 0) is 31.0 Å². The molecule has 1 aromatic carbocycles. The molecule has 0 aliphatic rings. The maximum Gasteiger partial charge on any atom is 0.188 e. The fourth-order valence-electron chi connectivity index (χ4n) is 2.19. The zero-order valence-electron chi connectivity index (χ0n) is 12.6. The van der Waals surface area contributed by atoms with Gasteiger partial charge in [0.25, 0.3) is 0 Å². The highest BCUT2D eigenvalue weighted by Crippen LogP contribution is 2.28. The average molecular weight is 286 g/mol. The molecule has 2 rings (SSSR count). The molecule has 0 spiro atoms. The summed E-state index contributed by atoms with van der Waals surface area (Å²) in [4.78, 5) is 7.45. The summed E-state index contributed by atoms with van der Waals surface area (Å²) in [5.74, 6) is 1.33. The molecule has 0 aliphatic heterocycles. The van der Waals surface area contributed by atoms with Crippen LogP contribution in [0, 0.1) is 0 Å². The SMILES string of the molecule is C=C(C)CN=C(N)NCCc1c[nH]c2cccc(OC)c12. The number of nitrogens with zero attached hydrogens (tertiary/aromatic N) is 1. The molecule has 112 valence electrons. The van der Waals surface area contributed by atoms with E-state index in [1.165, 1.54) is 5.56 Å². The Hall–Kier alpha value is -2.43. The molecule has 0 fully saturated rings. The van der Waals surface area contributed by atoms with Crippen LogP contribution < -0.4 is 15.8 Å². The molecule has 4 N–H and O–H groups in total. The molecular formula is C16H22N4O. The summed E-state index contributed by atoms with van der Waals surface area (Å²) in [5.41, 5.74) is 9.06. The Morgan fingerprint density at radius 3 is 3.00 bits per heavy atom. The molecule has 2 aromatic rings. The van der Waals surface area contributed by atoms with E-state index in [9.17, 15) is 0 Å². The Balaban J connectivity index is 2.01. The van der Waals surface area contributed by atoms with Crippen LogP contribution in [0.1, 0.15) is 12.5 Å². The van der Waals surface area contributed by atoms with E-state index in [-0.39, 0.29) is 0 Å². The van der Waals surface area contributed by atoms with E-state index in [0.717, 1.165) is 35.2 Å². The van der Waals surface area contributed by atoms with Gasteiger partial charge in [-0.15, -0.1) is 0 Å². The molecule has 5 heteroatoms. The molecule has 0 radical (unpaired) electrons. The highest BCUT2D eigenvalue weighted by atomic mass is 16.5. The van der Waals surface area contributed by atoms with Gasteiger partial charge in [-0.2, -0.15) is 0 Å². The van der Waals surface area contributed by atoms with Crippen molar-refractivity contribution >= 4 is 16.9 Å². The summed E-state index contributed by atoms with van der Waals surface area (Å²) in [6.07, 6.45) is 2.85. The minimum Gasteiger partial charge on any atom is -0.496 e. The van der Waals surface area contributed by atoms with Gasteiger partial charge >= 0.3 is 0 Å². The van der Waals surface area contributed by atoms with Crippen LogP contribution in [0.15, 0.2) is 41.5 Å². The van der Waals surface area contributed by atoms with Crippen LogP contribution in [-0.2, 0) is 6.42 Å². The molecule has 0 unspecified atom stereocenters. The van der Waals surface area contributed by atoms with Gasteiger partial charge in [0.2, 0.25) is 0 Å². The predicted molar refractivity (Wildman–Crippen MR) is 87.9 cm³/mol. The number of hydrogen-bond acceptors (Lipinski definition) is 2. The van der Waals surface area contributed by atoms with Crippen LogP contribution in [0.5, 0.6) is 5.75 Å². The molecule has 21 heavy (non-hydrogen) atoms. The van der Waals surface area contributed by atoms with Crippen molar-refractivity contribution in [3.63, 3.8) is 0 Å². The average Bonchev–Trinajstić information content (AvgIpc) is 2.88. The molecule has 0 aliphatic carbocycles. The highest BCUT2D eigenvalue weighted by molar-refractivity contribution is 5.89. The minimum atomic E-state index is 0.449. The lowest BCUT2D eigenvalue weighted by molar-refractivity contribution is 0.419. The number of fused-ring (bicyclic) bond motifs is 1. The topological polar surface area (TPSA) is 75.4 Å². The van der Waals surface area contributed by atoms with Crippen molar-refractivity contribution in [1.82, 2.24) is 10.3 Å². The number of guanidine groups is 1. The van der Waals surface area contributed by atoms with Crippen LogP contribution in [-0.4, -0.2) is 31.1 Å². The number of aliphatic imine (C=N–C) groups is 1. The maximum absolute atomic E-state index is 5.80. The Kier molecular flexibility index (Phi) is 4.87. The van der Waals surface area contributed by atoms with Crippen LogP contribution in [0.2, 0.25) is 0 Å². The van der Waals surface area contributed by atoms with Crippen LogP contribution in [0.4, 0.5) is 0 Å². The van der Waals surface area contributed by atoms with E-state index >= 15 is 0 Å². The monoisotopic (exact) mass is 286 g/mol. The molecule has 0 bridgehead atoms. The van der Waals surface area contributed by atoms with Gasteiger partial charge in [-0.3, -0.25) is 0 Å². The Morgan fingerprint density at radius 2 is 2.29 bits per heavy atom. The number of nitrogens with one attached hydrogen (secondary N) is 2. The number of methoxy groups -OCH3 is 1. The number of ether oxygens (including phenoxy) is 1. The van der Waals surface area contributed by atoms with E-state index < -0.39 is 0 Å². The molecule has 0 amide bonds. The molecular weight excluding hydrogens is 264 g/mol. The molecule has 5 nitrogen and oxygen atoms in total. The largest absolute Gasteiger partial charge is 0.496 e. The van der Waals surface area contributed by atoms with Crippen molar-refractivity contribution in [2.24, 2.45) is 10.7 Å². The zero-order valence-corrected chi connectivity index (χ0v) is 12.6. The van der Waals surface area contributed by atoms with Gasteiger partial charge in [0.15, 0.2) is 5.96 Å². The van der Waals surface area contributed by atoms with Gasteiger partial charge in [0.1, 0.15) is 5.75 Å². The summed E-state index contributed by atoms with van der Waals surface area (Å²) in [7, 11) is 1.69. The number of nitrogens with two attached hydrogens (primary N) is 1. The Morgan fingerprint density at radius 1 is 1.48 bits per heavy atom. The first-order valence-electron chi connectivity index (χ1n) is 6.93. The van der Waals surface area contributed by atoms with Crippen molar-refractivity contribution in [2.45, 2.75) is 13.3 Å². The third-order valence-electron chi connectivity index (χ3n) is 3.19. The maximum atomic E-state index is 5.80. The van der Waals surface area contributed by atoms with Gasteiger partial charge < -0.3 is 20.8 Å². The zero-order chi connectivity index (χ0) is 15.2. The van der Waals surface area contributed by atoms with Crippen molar-refractivity contribution in [3.05, 3.63) is 42.1 Å². The number of H-pyrrole nitrogens is 1. The first-order valence-corrected chi connectivity index (χ1v) is 6.93. The van der Waals surface area contributed by atoms with Gasteiger partial charge in [0.05, 0.1) is 13.7 Å². The second-order valence-corrected chi connectivity index (χ2v) is 5.03. The first kappa shape index (κ1) is 15.0. The summed E-state index contributed by atoms with van der Waals surface area (Å²) in [6.45, 7) is 6.99. The summed E-state index contributed by atoms with van der Waals surface area (Å²) >= 11 is 0. The fourth-order valence-corrected chi connectivity index (χ4v) is 2.19. The molecule has 0 saturated carbocycles. The lowest BCUT2D eigenvalue weighted by Crippen LogP contribution is -2.33. The lowest BCUT2D eigenvalue weighted by atomic mass is 10.1. The van der Waals surface area contributed by atoms with Gasteiger partial charge in [0, 0.05) is 23.6 Å². The number of rotatable bonds is 6. The van der Waals surface area contributed by atoms with Crippen LogP contribution in [0.3, 0.4) is 0 Å². The smallest absolute Gasteiger partial charge is 0.188 e. The van der Waals surface area contributed by atoms with Gasteiger partial charge in [-0.25, -0.2) is 4.99 Å². The van der Waals surface area contributed by atoms with E-state index in [2.05, 4.69) is 21.9 Å². The van der Waals surface area contributed by atoms with Crippen molar-refractivity contribution in [1.29, 1.82) is 0 Å². The highest BCUT2D eigenvalue weighted by Gasteiger charge is 2.08. The summed E-state index contributed by atoms with van der Waals surface area (Å²) in [6, 6.07) is 5.98. The Bertz CT molecular complexity index is 657. The molecule has 1 heterocycles. The van der Waals surface area contributed by atoms with Crippen LogP contribution in [0.25, 0.3) is 10.9 Å². The first-order chi connectivity index (χ1) is 10.1. The fraction of sp³-hybridized carbons (Fsp3) is 0.312. The minimum absolute atomic E-state index is 0.449. The van der Waals surface area contributed by atoms with Gasteiger partial charge in [-0.1, -0.05) is 18.2 Å². The summed E-state index contributed by atoms with van der Waals surface area (Å²) in [5, 5.41) is 4.23. The second kappa shape index (κ2) is 6.83.